The second-order valence-corrected chi connectivity index (χ2v) is 11.2. The summed E-state index contributed by atoms with van der Waals surface area (Å²) < 4.78 is 0. The van der Waals surface area contributed by atoms with Crippen LogP contribution in [0.4, 0.5) is 5.69 Å². The van der Waals surface area contributed by atoms with E-state index in [0.29, 0.717) is 43.5 Å². The van der Waals surface area contributed by atoms with Crippen molar-refractivity contribution in [1.82, 2.24) is 25.0 Å². The molecule has 10 nitrogen and oxygen atoms in total. The number of aromatic nitrogens is 1. The molecule has 3 unspecified atom stereocenters. The van der Waals surface area contributed by atoms with Crippen molar-refractivity contribution >= 4 is 29.2 Å². The number of hydrogen-bond acceptors (Lipinski definition) is 7. The lowest BCUT2D eigenvalue weighted by Gasteiger charge is -2.34. The summed E-state index contributed by atoms with van der Waals surface area (Å²) >= 11 is 0. The van der Waals surface area contributed by atoms with Crippen molar-refractivity contribution in [3.8, 4) is 0 Å². The molecule has 40 heavy (non-hydrogen) atoms. The van der Waals surface area contributed by atoms with Crippen molar-refractivity contribution in [2.45, 2.75) is 38.3 Å². The Balaban J connectivity index is 1.07. The molecule has 10 heteroatoms. The lowest BCUT2D eigenvalue weighted by Crippen LogP contribution is -2.44. The number of Topliss-reactive ketones (excluding diaryl/α,β-unsaturated/α-hetero) is 1. The number of ketones is 1. The monoisotopic (exact) mass is 546 g/mol. The molecule has 3 atom stereocenters. The molecule has 1 aromatic carbocycles. The third-order valence-electron chi connectivity index (χ3n) is 8.36. The van der Waals surface area contributed by atoms with Gasteiger partial charge in [-0.15, -0.1) is 0 Å². The largest absolute Gasteiger partial charge is 0.369 e. The number of nitrogens with zero attached hydrogens (tertiary/aromatic N) is 5. The van der Waals surface area contributed by atoms with Crippen LogP contribution in [0, 0.1) is 5.92 Å². The number of fused-ring (bicyclic) bond motifs is 1. The van der Waals surface area contributed by atoms with Gasteiger partial charge in [0, 0.05) is 69.3 Å². The van der Waals surface area contributed by atoms with Gasteiger partial charge in [0.2, 0.25) is 5.91 Å². The standard InChI is InChI=1S/C30H38N6O4/c1-21(9-12-32-29(39)22-5-7-24(8-6-22)34-16-14-33(2)15-17-34)18-27(38)35-13-10-25-28(35)26(37)20-36(25)30(40)23-4-3-11-31-19-23/h3-8,11,19,21,25,28H,9-10,12-18,20H2,1-2H3,(H,32,39). The first-order valence-corrected chi connectivity index (χ1v) is 14.2. The molecule has 0 radical (unpaired) electrons. The Morgan fingerprint density at radius 2 is 1.75 bits per heavy atom. The van der Waals surface area contributed by atoms with E-state index < -0.39 is 6.04 Å². The fourth-order valence-corrected chi connectivity index (χ4v) is 5.97. The highest BCUT2D eigenvalue weighted by Gasteiger charge is 2.51. The highest BCUT2D eigenvalue weighted by molar-refractivity contribution is 6.02. The molecule has 5 rings (SSSR count). The number of benzene rings is 1. The van der Waals surface area contributed by atoms with Crippen LogP contribution < -0.4 is 10.2 Å². The second-order valence-electron chi connectivity index (χ2n) is 11.2. The first kappa shape index (κ1) is 27.8. The van der Waals surface area contributed by atoms with Gasteiger partial charge in [-0.1, -0.05) is 6.92 Å². The van der Waals surface area contributed by atoms with E-state index >= 15 is 0 Å². The predicted octanol–water partition coefficient (Wildman–Crippen LogP) is 1.67. The number of likely N-dealkylation sites (tertiary alicyclic amines) is 2. The Bertz CT molecular complexity index is 1230. The number of nitrogens with one attached hydrogen (secondary N) is 1. The summed E-state index contributed by atoms with van der Waals surface area (Å²) in [4.78, 5) is 63.5. The molecule has 3 amide bonds. The molecule has 212 valence electrons. The van der Waals surface area contributed by atoms with Crippen LogP contribution in [0.1, 0.15) is 46.9 Å². The Morgan fingerprint density at radius 1 is 1.00 bits per heavy atom. The average Bonchev–Trinajstić information content (AvgIpc) is 3.55. The van der Waals surface area contributed by atoms with Crippen LogP contribution >= 0.6 is 0 Å². The zero-order chi connectivity index (χ0) is 28.2. The number of pyridine rings is 1. The van der Waals surface area contributed by atoms with Crippen molar-refractivity contribution in [2.75, 3.05) is 57.8 Å². The first-order chi connectivity index (χ1) is 19.3. The molecular weight excluding hydrogens is 508 g/mol. The van der Waals surface area contributed by atoms with Gasteiger partial charge in [0.05, 0.1) is 18.2 Å². The van der Waals surface area contributed by atoms with Crippen molar-refractivity contribution in [3.63, 3.8) is 0 Å². The molecular formula is C30H38N6O4. The van der Waals surface area contributed by atoms with Crippen LogP contribution in [0.25, 0.3) is 0 Å². The first-order valence-electron chi connectivity index (χ1n) is 14.2. The van der Waals surface area contributed by atoms with Gasteiger partial charge in [0.15, 0.2) is 5.78 Å². The van der Waals surface area contributed by atoms with E-state index in [4.69, 9.17) is 0 Å². The molecule has 0 saturated carbocycles. The van der Waals surface area contributed by atoms with Gasteiger partial charge in [0.25, 0.3) is 11.8 Å². The zero-order valence-corrected chi connectivity index (χ0v) is 23.3. The van der Waals surface area contributed by atoms with Crippen LogP contribution in [0.2, 0.25) is 0 Å². The van der Waals surface area contributed by atoms with Crippen molar-refractivity contribution in [2.24, 2.45) is 5.92 Å². The van der Waals surface area contributed by atoms with E-state index in [2.05, 4.69) is 27.1 Å². The number of anilines is 1. The second kappa shape index (κ2) is 12.2. The van der Waals surface area contributed by atoms with Gasteiger partial charge in [0.1, 0.15) is 6.04 Å². The summed E-state index contributed by atoms with van der Waals surface area (Å²) in [6.07, 6.45) is 4.64. The third kappa shape index (κ3) is 6.01. The van der Waals surface area contributed by atoms with Crippen molar-refractivity contribution in [1.29, 1.82) is 0 Å². The van der Waals surface area contributed by atoms with Gasteiger partial charge in [-0.25, -0.2) is 0 Å². The number of hydrogen-bond donors (Lipinski definition) is 1. The lowest BCUT2D eigenvalue weighted by molar-refractivity contribution is -0.137. The number of likely N-dealkylation sites (N-methyl/N-ethyl adjacent to an activating group) is 1. The topological polar surface area (TPSA) is 106 Å². The molecule has 0 bridgehead atoms. The SMILES string of the molecule is CC(CCNC(=O)c1ccc(N2CCN(C)CC2)cc1)CC(=O)N1CCC2C1C(=O)CN2C(=O)c1cccnc1. The quantitative estimate of drug-likeness (QED) is 0.537. The maximum Gasteiger partial charge on any atom is 0.256 e. The van der Waals surface area contributed by atoms with Gasteiger partial charge < -0.3 is 24.9 Å². The Kier molecular flexibility index (Phi) is 8.44. The lowest BCUT2D eigenvalue weighted by atomic mass is 10.0. The van der Waals surface area contributed by atoms with E-state index in [1.807, 2.05) is 31.2 Å². The number of carbonyl (C=O) groups is 4. The van der Waals surface area contributed by atoms with Gasteiger partial charge >= 0.3 is 0 Å². The molecule has 0 spiro atoms. The minimum atomic E-state index is -0.575. The molecule has 1 N–H and O–H groups in total. The Labute approximate surface area is 235 Å². The highest BCUT2D eigenvalue weighted by atomic mass is 16.2. The van der Waals surface area contributed by atoms with E-state index in [1.54, 1.807) is 28.1 Å². The summed E-state index contributed by atoms with van der Waals surface area (Å²) in [5.41, 5.74) is 2.20. The third-order valence-corrected chi connectivity index (χ3v) is 8.36. The normalized spacial score (nSPS) is 21.9. The fourth-order valence-electron chi connectivity index (χ4n) is 5.97. The maximum absolute atomic E-state index is 13.2. The Morgan fingerprint density at radius 3 is 2.45 bits per heavy atom. The smallest absolute Gasteiger partial charge is 0.256 e. The van der Waals surface area contributed by atoms with Gasteiger partial charge in [-0.05, 0) is 62.2 Å². The van der Waals surface area contributed by atoms with Gasteiger partial charge in [-0.3, -0.25) is 24.2 Å². The number of carbonyl (C=O) groups excluding carboxylic acids is 4. The Hall–Kier alpha value is -3.79. The molecule has 1 aromatic heterocycles. The van der Waals surface area contributed by atoms with Crippen LogP contribution in [0.15, 0.2) is 48.8 Å². The molecule has 4 heterocycles. The van der Waals surface area contributed by atoms with Crippen LogP contribution in [0.3, 0.4) is 0 Å². The van der Waals surface area contributed by atoms with E-state index in [1.165, 1.54) is 6.20 Å². The van der Waals surface area contributed by atoms with Gasteiger partial charge in [-0.2, -0.15) is 0 Å². The fraction of sp³-hybridized carbons (Fsp3) is 0.500. The molecule has 3 fully saturated rings. The summed E-state index contributed by atoms with van der Waals surface area (Å²) in [7, 11) is 2.13. The van der Waals surface area contributed by atoms with Crippen molar-refractivity contribution < 1.29 is 19.2 Å². The highest BCUT2D eigenvalue weighted by Crippen LogP contribution is 2.31. The van der Waals surface area contributed by atoms with Crippen LogP contribution in [-0.2, 0) is 9.59 Å². The molecule has 3 aliphatic rings. The van der Waals surface area contributed by atoms with Crippen LogP contribution in [-0.4, -0.2) is 108 Å². The molecule has 0 aliphatic carbocycles. The van der Waals surface area contributed by atoms with E-state index in [-0.39, 0.29) is 42.0 Å². The molecule has 2 aromatic rings. The molecule has 3 aliphatic heterocycles. The zero-order valence-electron chi connectivity index (χ0n) is 23.3. The summed E-state index contributed by atoms with van der Waals surface area (Å²) in [5, 5.41) is 2.97. The summed E-state index contributed by atoms with van der Waals surface area (Å²) in [6, 6.07) is 10.2. The molecule has 3 saturated heterocycles. The minimum absolute atomic E-state index is 0.0186. The number of piperazine rings is 1. The maximum atomic E-state index is 13.2. The van der Waals surface area contributed by atoms with Crippen LogP contribution in [0.5, 0.6) is 0 Å². The summed E-state index contributed by atoms with van der Waals surface area (Å²) in [6.45, 7) is 6.95. The average molecular weight is 547 g/mol. The summed E-state index contributed by atoms with van der Waals surface area (Å²) in [5.74, 6) is -0.473. The number of rotatable bonds is 8. The van der Waals surface area contributed by atoms with Crippen molar-refractivity contribution in [3.05, 3.63) is 59.9 Å². The van der Waals surface area contributed by atoms with E-state index in [0.717, 1.165) is 31.9 Å². The number of amides is 3. The minimum Gasteiger partial charge on any atom is -0.369 e. The predicted molar refractivity (Wildman–Crippen MR) is 151 cm³/mol. The van der Waals surface area contributed by atoms with E-state index in [9.17, 15) is 19.2 Å².